The average molecular weight is 344 g/mol. The van der Waals surface area contributed by atoms with Gasteiger partial charge in [-0.2, -0.15) is 18.3 Å². The van der Waals surface area contributed by atoms with Crippen LogP contribution in [0.15, 0.2) is 4.47 Å². The molecule has 0 bridgehead atoms. The van der Waals surface area contributed by atoms with Crippen molar-refractivity contribution < 1.29 is 22.6 Å². The van der Waals surface area contributed by atoms with Gasteiger partial charge in [-0.1, -0.05) is 0 Å². The number of anilines is 1. The lowest BCUT2D eigenvalue weighted by Gasteiger charge is -2.30. The molecule has 1 unspecified atom stereocenters. The molecule has 1 N–H and O–H groups in total. The van der Waals surface area contributed by atoms with E-state index < -0.39 is 24.2 Å². The molecule has 1 aromatic rings. The summed E-state index contributed by atoms with van der Waals surface area (Å²) in [6.07, 6.45) is -4.59. The van der Waals surface area contributed by atoms with Crippen LogP contribution in [0.5, 0.6) is 0 Å². The first kappa shape index (κ1) is 14.6. The Bertz CT molecular complexity index is 460. The van der Waals surface area contributed by atoms with E-state index in [0.717, 1.165) is 0 Å². The third-order valence-electron chi connectivity index (χ3n) is 2.95. The van der Waals surface area contributed by atoms with Crippen LogP contribution in [0.3, 0.4) is 0 Å². The molecule has 1 aliphatic heterocycles. The van der Waals surface area contributed by atoms with E-state index >= 15 is 0 Å². The van der Waals surface area contributed by atoms with Gasteiger partial charge in [0.05, 0.1) is 4.47 Å². The summed E-state index contributed by atoms with van der Waals surface area (Å²) >= 11 is 2.95. The van der Waals surface area contributed by atoms with Crippen molar-refractivity contribution in [2.45, 2.75) is 24.9 Å². The Labute approximate surface area is 116 Å². The largest absolute Gasteiger partial charge is 0.436 e. The molecular formula is C10H13BrF3N3O2. The second-order valence-electron chi connectivity index (χ2n) is 4.08. The Morgan fingerprint density at radius 2 is 2.05 bits per heavy atom. The lowest BCUT2D eigenvalue weighted by atomic mass is 10.1. The van der Waals surface area contributed by atoms with E-state index in [9.17, 15) is 13.2 Å². The van der Waals surface area contributed by atoms with E-state index in [-0.39, 0.29) is 4.47 Å². The second kappa shape index (κ2) is 5.29. The summed E-state index contributed by atoms with van der Waals surface area (Å²) in [6, 6.07) is -0.404. The minimum absolute atomic E-state index is 0.0874. The number of rotatable bonds is 3. The van der Waals surface area contributed by atoms with Crippen molar-refractivity contribution in [3.05, 3.63) is 10.2 Å². The van der Waals surface area contributed by atoms with E-state index in [0.29, 0.717) is 18.8 Å². The lowest BCUT2D eigenvalue weighted by molar-refractivity contribution is -0.146. The highest BCUT2D eigenvalue weighted by Crippen LogP contribution is 2.41. The van der Waals surface area contributed by atoms with Gasteiger partial charge in [0.25, 0.3) is 0 Å². The van der Waals surface area contributed by atoms with Gasteiger partial charge in [0.2, 0.25) is 0 Å². The third-order valence-corrected chi connectivity index (χ3v) is 3.70. The number of alkyl halides is 3. The summed E-state index contributed by atoms with van der Waals surface area (Å²) in [7, 11) is 2.89. The fourth-order valence-corrected chi connectivity index (χ4v) is 2.74. The fourth-order valence-electron chi connectivity index (χ4n) is 2.12. The number of fused-ring (bicyclic) bond motifs is 1. The van der Waals surface area contributed by atoms with Crippen LogP contribution in [0, 0.1) is 0 Å². The summed E-state index contributed by atoms with van der Waals surface area (Å²) in [4.78, 5) is 0. The number of nitrogens with zero attached hydrogens (tertiary/aromatic N) is 2. The number of nitrogens with one attached hydrogen (secondary N) is 1. The molecule has 0 saturated carbocycles. The van der Waals surface area contributed by atoms with Crippen LogP contribution in [-0.2, 0) is 15.7 Å². The van der Waals surface area contributed by atoms with Gasteiger partial charge >= 0.3 is 6.18 Å². The van der Waals surface area contributed by atoms with Crippen LogP contribution < -0.4 is 5.32 Å². The van der Waals surface area contributed by atoms with Crippen LogP contribution in [0.1, 0.15) is 18.2 Å². The monoisotopic (exact) mass is 343 g/mol. The molecular weight excluding hydrogens is 331 g/mol. The number of ether oxygens (including phenoxy) is 2. The average Bonchev–Trinajstić information content (AvgIpc) is 2.69. The Hall–Kier alpha value is -0.800. The van der Waals surface area contributed by atoms with Crippen LogP contribution in [-0.4, -0.2) is 36.8 Å². The zero-order valence-corrected chi connectivity index (χ0v) is 11.9. The summed E-state index contributed by atoms with van der Waals surface area (Å²) in [5, 5.41) is 6.54. The fraction of sp³-hybridized carbons (Fsp3) is 0.700. The van der Waals surface area contributed by atoms with Gasteiger partial charge < -0.3 is 14.8 Å². The molecule has 0 spiro atoms. The van der Waals surface area contributed by atoms with Crippen LogP contribution in [0.2, 0.25) is 0 Å². The smallest absolute Gasteiger partial charge is 0.369 e. The van der Waals surface area contributed by atoms with Gasteiger partial charge in [0.1, 0.15) is 11.9 Å². The molecule has 9 heteroatoms. The van der Waals surface area contributed by atoms with Crippen molar-refractivity contribution >= 4 is 21.7 Å². The van der Waals surface area contributed by atoms with Gasteiger partial charge in [-0.25, -0.2) is 4.68 Å². The number of hydrogen-bond acceptors (Lipinski definition) is 4. The molecule has 1 aromatic heterocycles. The zero-order chi connectivity index (χ0) is 14.2. The maximum atomic E-state index is 12.8. The molecule has 0 saturated heterocycles. The molecule has 0 amide bonds. The lowest BCUT2D eigenvalue weighted by Crippen LogP contribution is -2.34. The topological polar surface area (TPSA) is 48.3 Å². The third kappa shape index (κ3) is 2.59. The van der Waals surface area contributed by atoms with Crippen molar-refractivity contribution in [2.24, 2.45) is 0 Å². The summed E-state index contributed by atoms with van der Waals surface area (Å²) in [5.41, 5.74) is -0.951. The standard InChI is InChI=1S/C10H13BrF3N3O2/c1-18-9(19-2)5-3-4-15-8-6(11)7(10(12,13)14)16-17(5)8/h5,9,15H,3-4H2,1-2H3. The van der Waals surface area contributed by atoms with Crippen molar-refractivity contribution in [3.63, 3.8) is 0 Å². The van der Waals surface area contributed by atoms with Crippen LogP contribution in [0.25, 0.3) is 0 Å². The molecule has 19 heavy (non-hydrogen) atoms. The number of halogens is 4. The maximum Gasteiger partial charge on any atom is 0.436 e. The van der Waals surface area contributed by atoms with Gasteiger partial charge in [-0.15, -0.1) is 0 Å². The first-order valence-electron chi connectivity index (χ1n) is 5.54. The number of hydrogen-bond donors (Lipinski definition) is 1. The van der Waals surface area contributed by atoms with E-state index in [1.54, 1.807) is 0 Å². The second-order valence-corrected chi connectivity index (χ2v) is 4.87. The van der Waals surface area contributed by atoms with E-state index in [4.69, 9.17) is 9.47 Å². The molecule has 1 atom stereocenters. The van der Waals surface area contributed by atoms with E-state index in [1.807, 2.05) is 0 Å². The molecule has 1 aliphatic rings. The first-order valence-corrected chi connectivity index (χ1v) is 6.34. The van der Waals surface area contributed by atoms with Crippen LogP contribution >= 0.6 is 15.9 Å². The zero-order valence-electron chi connectivity index (χ0n) is 10.3. The molecule has 2 heterocycles. The highest BCUT2D eigenvalue weighted by molar-refractivity contribution is 9.10. The number of aromatic nitrogens is 2. The van der Waals surface area contributed by atoms with Gasteiger partial charge in [-0.05, 0) is 22.4 Å². The molecule has 108 valence electrons. The van der Waals surface area contributed by atoms with Crippen molar-refractivity contribution in [2.75, 3.05) is 26.1 Å². The van der Waals surface area contributed by atoms with E-state index in [2.05, 4.69) is 26.3 Å². The quantitative estimate of drug-likeness (QED) is 0.857. The first-order chi connectivity index (χ1) is 8.90. The molecule has 0 aliphatic carbocycles. The van der Waals surface area contributed by atoms with Gasteiger partial charge in [0.15, 0.2) is 12.0 Å². The predicted octanol–water partition coefficient (Wildman–Crippen LogP) is 2.64. The minimum Gasteiger partial charge on any atom is -0.369 e. The number of methoxy groups -OCH3 is 2. The normalized spacial score (nSPS) is 19.4. The van der Waals surface area contributed by atoms with Gasteiger partial charge in [0, 0.05) is 20.8 Å². The van der Waals surface area contributed by atoms with Crippen molar-refractivity contribution in [1.29, 1.82) is 0 Å². The predicted molar refractivity (Wildman–Crippen MR) is 64.9 cm³/mol. The van der Waals surface area contributed by atoms with Crippen molar-refractivity contribution in [1.82, 2.24) is 9.78 Å². The Morgan fingerprint density at radius 1 is 1.42 bits per heavy atom. The highest BCUT2D eigenvalue weighted by atomic mass is 79.9. The summed E-state index contributed by atoms with van der Waals surface area (Å²) < 4.78 is 49.9. The van der Waals surface area contributed by atoms with Crippen LogP contribution in [0.4, 0.5) is 19.0 Å². The molecule has 5 nitrogen and oxygen atoms in total. The molecule has 0 radical (unpaired) electrons. The minimum atomic E-state index is -4.51. The Kier molecular flexibility index (Phi) is 4.07. The summed E-state index contributed by atoms with van der Waals surface area (Å²) in [5.74, 6) is 0.294. The Balaban J connectivity index is 2.45. The molecule has 2 rings (SSSR count). The van der Waals surface area contributed by atoms with Crippen molar-refractivity contribution in [3.8, 4) is 0 Å². The Morgan fingerprint density at radius 3 is 2.58 bits per heavy atom. The summed E-state index contributed by atoms with van der Waals surface area (Å²) in [6.45, 7) is 0.523. The SMILES string of the molecule is COC(OC)C1CCNc2c(Br)c(C(F)(F)F)nn21. The van der Waals surface area contributed by atoms with E-state index in [1.165, 1.54) is 18.9 Å². The van der Waals surface area contributed by atoms with Gasteiger partial charge in [-0.3, -0.25) is 0 Å². The molecule has 0 aromatic carbocycles. The highest BCUT2D eigenvalue weighted by Gasteiger charge is 2.41. The maximum absolute atomic E-state index is 12.8. The molecule has 0 fully saturated rings.